The van der Waals surface area contributed by atoms with Gasteiger partial charge in [0.15, 0.2) is 0 Å². The number of hydrogen-bond acceptors (Lipinski definition) is 3. The summed E-state index contributed by atoms with van der Waals surface area (Å²) in [5.41, 5.74) is 0. The van der Waals surface area contributed by atoms with E-state index < -0.39 is 5.97 Å². The first-order chi connectivity index (χ1) is 6.70. The first-order valence-corrected chi connectivity index (χ1v) is 5.01. The second kappa shape index (κ2) is 11.9. The Morgan fingerprint density at radius 1 is 1.43 bits per heavy atom. The Balaban J connectivity index is 0. The van der Waals surface area contributed by atoms with Crippen LogP contribution in [0.3, 0.4) is 0 Å². The average Bonchev–Trinajstić information content (AvgIpc) is 2.17. The normalized spacial score (nSPS) is 8.79. The molecule has 0 aromatic rings. The SMILES string of the molecule is CC.CCCN(CCC#N)CC(=O)O. The van der Waals surface area contributed by atoms with Gasteiger partial charge < -0.3 is 5.11 Å². The third-order valence-electron chi connectivity index (χ3n) is 1.44. The van der Waals surface area contributed by atoms with Gasteiger partial charge in [0, 0.05) is 13.0 Å². The molecule has 0 rings (SSSR count). The van der Waals surface area contributed by atoms with Crippen LogP contribution in [0, 0.1) is 11.3 Å². The minimum Gasteiger partial charge on any atom is -0.480 e. The monoisotopic (exact) mass is 200 g/mol. The molecular weight excluding hydrogens is 180 g/mol. The van der Waals surface area contributed by atoms with Crippen LogP contribution in [-0.4, -0.2) is 35.6 Å². The van der Waals surface area contributed by atoms with E-state index in [1.54, 1.807) is 4.90 Å². The van der Waals surface area contributed by atoms with Crippen LogP contribution >= 0.6 is 0 Å². The van der Waals surface area contributed by atoms with E-state index in [1.165, 1.54) is 0 Å². The average molecular weight is 200 g/mol. The van der Waals surface area contributed by atoms with E-state index in [-0.39, 0.29) is 6.54 Å². The number of nitriles is 1. The molecule has 0 radical (unpaired) electrons. The van der Waals surface area contributed by atoms with Crippen LogP contribution in [0.15, 0.2) is 0 Å². The molecule has 0 atom stereocenters. The minimum atomic E-state index is -0.832. The number of aliphatic carboxylic acids is 1. The summed E-state index contributed by atoms with van der Waals surface area (Å²) in [6, 6.07) is 2.00. The molecule has 14 heavy (non-hydrogen) atoms. The fourth-order valence-electron chi connectivity index (χ4n) is 0.986. The van der Waals surface area contributed by atoms with Gasteiger partial charge >= 0.3 is 5.97 Å². The molecule has 0 heterocycles. The second-order valence-electron chi connectivity index (χ2n) is 2.58. The maximum atomic E-state index is 10.3. The molecule has 0 fully saturated rings. The third kappa shape index (κ3) is 10.9. The van der Waals surface area contributed by atoms with Gasteiger partial charge in [-0.2, -0.15) is 5.26 Å². The molecule has 82 valence electrons. The van der Waals surface area contributed by atoms with E-state index >= 15 is 0 Å². The van der Waals surface area contributed by atoms with E-state index in [0.717, 1.165) is 13.0 Å². The Morgan fingerprint density at radius 2 is 2.00 bits per heavy atom. The lowest BCUT2D eigenvalue weighted by atomic mass is 10.3. The Labute approximate surface area is 86.1 Å². The Morgan fingerprint density at radius 3 is 2.36 bits per heavy atom. The van der Waals surface area contributed by atoms with Gasteiger partial charge in [-0.3, -0.25) is 9.69 Å². The number of rotatable bonds is 6. The lowest BCUT2D eigenvalue weighted by molar-refractivity contribution is -0.138. The number of nitrogens with zero attached hydrogens (tertiary/aromatic N) is 2. The van der Waals surface area contributed by atoms with Gasteiger partial charge in [-0.25, -0.2) is 0 Å². The molecule has 1 N–H and O–H groups in total. The molecule has 0 aromatic carbocycles. The summed E-state index contributed by atoms with van der Waals surface area (Å²) in [5.74, 6) is -0.832. The predicted octanol–water partition coefficient (Wildman–Crippen LogP) is 1.72. The van der Waals surface area contributed by atoms with Gasteiger partial charge in [0.2, 0.25) is 0 Å². The van der Waals surface area contributed by atoms with Gasteiger partial charge in [-0.15, -0.1) is 0 Å². The van der Waals surface area contributed by atoms with E-state index in [2.05, 4.69) is 0 Å². The zero-order chi connectivity index (χ0) is 11.4. The molecule has 0 aromatic heterocycles. The van der Waals surface area contributed by atoms with E-state index in [0.29, 0.717) is 13.0 Å². The Bertz CT molecular complexity index is 175. The highest BCUT2D eigenvalue weighted by molar-refractivity contribution is 5.69. The van der Waals surface area contributed by atoms with E-state index in [1.807, 2.05) is 26.8 Å². The smallest absolute Gasteiger partial charge is 0.317 e. The Hall–Kier alpha value is -1.08. The molecule has 0 aliphatic heterocycles. The van der Waals surface area contributed by atoms with Crippen molar-refractivity contribution in [3.05, 3.63) is 0 Å². The van der Waals surface area contributed by atoms with Crippen molar-refractivity contribution in [2.45, 2.75) is 33.6 Å². The maximum absolute atomic E-state index is 10.3. The predicted molar refractivity (Wildman–Crippen MR) is 55.9 cm³/mol. The third-order valence-corrected chi connectivity index (χ3v) is 1.44. The lowest BCUT2D eigenvalue weighted by Gasteiger charge is -2.16. The zero-order valence-corrected chi connectivity index (χ0v) is 9.29. The summed E-state index contributed by atoms with van der Waals surface area (Å²) >= 11 is 0. The van der Waals surface area contributed by atoms with Crippen LogP contribution < -0.4 is 0 Å². The molecule has 0 amide bonds. The number of carboxylic acids is 1. The standard InChI is InChI=1S/C8H14N2O2.C2H6/c1-2-5-10(6-3-4-9)7-8(11)12;1-2/h2-3,5-7H2,1H3,(H,11,12);1-2H3. The molecule has 0 spiro atoms. The summed E-state index contributed by atoms with van der Waals surface area (Å²) in [6.45, 7) is 7.32. The molecule has 0 saturated carbocycles. The van der Waals surface area contributed by atoms with Crippen molar-refractivity contribution in [2.24, 2.45) is 0 Å². The minimum absolute atomic E-state index is 0.0372. The van der Waals surface area contributed by atoms with Crippen LogP contribution in [0.4, 0.5) is 0 Å². The molecule has 4 heteroatoms. The highest BCUT2D eigenvalue weighted by Gasteiger charge is 2.06. The topological polar surface area (TPSA) is 64.3 Å². The van der Waals surface area contributed by atoms with Crippen LogP contribution in [-0.2, 0) is 4.79 Å². The van der Waals surface area contributed by atoms with Gasteiger partial charge in [0.05, 0.1) is 12.6 Å². The van der Waals surface area contributed by atoms with Gasteiger partial charge in [0.1, 0.15) is 0 Å². The van der Waals surface area contributed by atoms with Crippen molar-refractivity contribution >= 4 is 5.97 Å². The maximum Gasteiger partial charge on any atom is 0.317 e. The molecule has 4 nitrogen and oxygen atoms in total. The van der Waals surface area contributed by atoms with Crippen molar-refractivity contribution in [2.75, 3.05) is 19.6 Å². The summed E-state index contributed by atoms with van der Waals surface area (Å²) in [7, 11) is 0. The van der Waals surface area contributed by atoms with E-state index in [9.17, 15) is 4.79 Å². The lowest BCUT2D eigenvalue weighted by Crippen LogP contribution is -2.31. The molecule has 0 saturated heterocycles. The van der Waals surface area contributed by atoms with Crippen LogP contribution in [0.2, 0.25) is 0 Å². The quantitative estimate of drug-likeness (QED) is 0.709. The van der Waals surface area contributed by atoms with Gasteiger partial charge in [-0.05, 0) is 13.0 Å². The number of carbonyl (C=O) groups is 1. The largest absolute Gasteiger partial charge is 0.480 e. The van der Waals surface area contributed by atoms with Crippen molar-refractivity contribution in [3.63, 3.8) is 0 Å². The van der Waals surface area contributed by atoms with Gasteiger partial charge in [-0.1, -0.05) is 20.8 Å². The van der Waals surface area contributed by atoms with Crippen LogP contribution in [0.5, 0.6) is 0 Å². The summed E-state index contributed by atoms with van der Waals surface area (Å²) < 4.78 is 0. The van der Waals surface area contributed by atoms with Crippen molar-refractivity contribution in [1.82, 2.24) is 4.90 Å². The molecule has 0 bridgehead atoms. The molecular formula is C10H20N2O2. The van der Waals surface area contributed by atoms with Crippen molar-refractivity contribution in [1.29, 1.82) is 5.26 Å². The summed E-state index contributed by atoms with van der Waals surface area (Å²) in [4.78, 5) is 12.1. The highest BCUT2D eigenvalue weighted by atomic mass is 16.4. The number of hydrogen-bond donors (Lipinski definition) is 1. The van der Waals surface area contributed by atoms with Crippen LogP contribution in [0.25, 0.3) is 0 Å². The van der Waals surface area contributed by atoms with Crippen molar-refractivity contribution < 1.29 is 9.90 Å². The molecule has 0 unspecified atom stereocenters. The fourth-order valence-corrected chi connectivity index (χ4v) is 0.986. The first-order valence-electron chi connectivity index (χ1n) is 5.01. The second-order valence-corrected chi connectivity index (χ2v) is 2.58. The fraction of sp³-hybridized carbons (Fsp3) is 0.800. The highest BCUT2D eigenvalue weighted by Crippen LogP contribution is 1.92. The van der Waals surface area contributed by atoms with E-state index in [4.69, 9.17) is 10.4 Å². The number of carboxylic acid groups (broad SMARTS) is 1. The summed E-state index contributed by atoms with van der Waals surface area (Å²) in [5, 5.41) is 16.8. The van der Waals surface area contributed by atoms with Crippen LogP contribution in [0.1, 0.15) is 33.6 Å². The summed E-state index contributed by atoms with van der Waals surface area (Å²) in [6.07, 6.45) is 1.31. The molecule has 0 aliphatic rings. The Kier molecular flexibility index (Phi) is 13.1. The van der Waals surface area contributed by atoms with Gasteiger partial charge in [0.25, 0.3) is 0 Å². The first kappa shape index (κ1) is 15.4. The molecule has 0 aliphatic carbocycles. The zero-order valence-electron chi connectivity index (χ0n) is 9.29. The van der Waals surface area contributed by atoms with Crippen molar-refractivity contribution in [3.8, 4) is 6.07 Å².